The molecule has 0 spiro atoms. The second-order valence-electron chi connectivity index (χ2n) is 3.93. The lowest BCUT2D eigenvalue weighted by Crippen LogP contribution is -2.35. The zero-order chi connectivity index (χ0) is 9.30. The predicted octanol–water partition coefficient (Wildman–Crippen LogP) is 0.415. The molecule has 3 heteroatoms. The zero-order valence-corrected chi connectivity index (χ0v) is 8.37. The maximum Gasteiger partial charge on any atom is 0.219 e. The molecular formula is C9H18N2O. The second kappa shape index (κ2) is 3.44. The van der Waals surface area contributed by atoms with Crippen LogP contribution in [-0.2, 0) is 4.79 Å². The minimum Gasteiger partial charge on any atom is -0.341 e. The van der Waals surface area contributed by atoms with Gasteiger partial charge in [0.25, 0.3) is 0 Å². The van der Waals surface area contributed by atoms with Gasteiger partial charge in [-0.15, -0.1) is 0 Å². The van der Waals surface area contributed by atoms with Crippen LogP contribution in [0.4, 0.5) is 0 Å². The first-order valence-electron chi connectivity index (χ1n) is 4.44. The first-order chi connectivity index (χ1) is 5.52. The van der Waals surface area contributed by atoms with E-state index in [1.54, 1.807) is 6.92 Å². The summed E-state index contributed by atoms with van der Waals surface area (Å²) >= 11 is 0. The molecule has 1 aliphatic rings. The summed E-state index contributed by atoms with van der Waals surface area (Å²) in [5.41, 5.74) is 0. The highest BCUT2D eigenvalue weighted by Gasteiger charge is 2.31. The third-order valence-electron chi connectivity index (χ3n) is 2.68. The smallest absolute Gasteiger partial charge is 0.219 e. The first-order valence-corrected chi connectivity index (χ1v) is 4.44. The Kier molecular flexibility index (Phi) is 2.73. The summed E-state index contributed by atoms with van der Waals surface area (Å²) in [7, 11) is 4.15. The molecule has 1 heterocycles. The molecule has 0 saturated carbocycles. The Balaban J connectivity index is 2.56. The van der Waals surface area contributed by atoms with E-state index < -0.39 is 0 Å². The molecule has 0 N–H and O–H groups in total. The van der Waals surface area contributed by atoms with Crippen LogP contribution in [0.2, 0.25) is 0 Å². The lowest BCUT2D eigenvalue weighted by atomic mass is 10.1. The van der Waals surface area contributed by atoms with Gasteiger partial charge >= 0.3 is 0 Å². The van der Waals surface area contributed by atoms with E-state index in [0.717, 1.165) is 13.1 Å². The third kappa shape index (κ3) is 1.78. The lowest BCUT2D eigenvalue weighted by molar-refractivity contribution is -0.128. The van der Waals surface area contributed by atoms with Gasteiger partial charge in [0.15, 0.2) is 0 Å². The third-order valence-corrected chi connectivity index (χ3v) is 2.68. The number of hydrogen-bond acceptors (Lipinski definition) is 2. The molecule has 2 unspecified atom stereocenters. The Bertz CT molecular complexity index is 179. The van der Waals surface area contributed by atoms with Gasteiger partial charge in [0.1, 0.15) is 0 Å². The second-order valence-corrected chi connectivity index (χ2v) is 3.93. The van der Waals surface area contributed by atoms with Crippen LogP contribution in [0.1, 0.15) is 13.8 Å². The summed E-state index contributed by atoms with van der Waals surface area (Å²) in [6.07, 6.45) is 0. The average molecular weight is 170 g/mol. The highest BCUT2D eigenvalue weighted by molar-refractivity contribution is 5.73. The molecule has 0 bridgehead atoms. The first kappa shape index (κ1) is 9.52. The number of amides is 1. The molecule has 1 amide bonds. The molecule has 1 aliphatic heterocycles. The molecule has 0 aromatic heterocycles. The number of likely N-dealkylation sites (tertiary alicyclic amines) is 1. The number of likely N-dealkylation sites (N-methyl/N-ethyl adjacent to an activating group) is 1. The van der Waals surface area contributed by atoms with E-state index in [4.69, 9.17) is 0 Å². The van der Waals surface area contributed by atoms with Crippen molar-refractivity contribution in [2.75, 3.05) is 27.2 Å². The van der Waals surface area contributed by atoms with Crippen molar-refractivity contribution in [1.82, 2.24) is 9.80 Å². The van der Waals surface area contributed by atoms with Crippen LogP contribution in [0.25, 0.3) is 0 Å². The fourth-order valence-corrected chi connectivity index (χ4v) is 1.88. The van der Waals surface area contributed by atoms with E-state index in [9.17, 15) is 4.79 Å². The standard InChI is InChI=1S/C9H18N2O/c1-7-5-11(8(2)12)6-9(7)10(3)4/h7,9H,5-6H2,1-4H3. The average Bonchev–Trinajstić information content (AvgIpc) is 2.30. The van der Waals surface area contributed by atoms with Crippen molar-refractivity contribution in [3.05, 3.63) is 0 Å². The molecule has 2 atom stereocenters. The van der Waals surface area contributed by atoms with Crippen LogP contribution < -0.4 is 0 Å². The predicted molar refractivity (Wildman–Crippen MR) is 48.9 cm³/mol. The summed E-state index contributed by atoms with van der Waals surface area (Å²) in [6.45, 7) is 5.65. The maximum atomic E-state index is 11.1. The Morgan fingerprint density at radius 1 is 1.42 bits per heavy atom. The fraction of sp³-hybridized carbons (Fsp3) is 0.889. The number of carbonyl (C=O) groups is 1. The summed E-state index contributed by atoms with van der Waals surface area (Å²) in [5, 5.41) is 0. The van der Waals surface area contributed by atoms with E-state index in [1.807, 2.05) is 4.90 Å². The minimum atomic E-state index is 0.200. The summed E-state index contributed by atoms with van der Waals surface area (Å²) in [6, 6.07) is 0.536. The monoisotopic (exact) mass is 170 g/mol. The van der Waals surface area contributed by atoms with Crippen molar-refractivity contribution in [1.29, 1.82) is 0 Å². The number of hydrogen-bond donors (Lipinski definition) is 0. The molecule has 0 aromatic rings. The molecule has 0 aliphatic carbocycles. The molecular weight excluding hydrogens is 152 g/mol. The lowest BCUT2D eigenvalue weighted by Gasteiger charge is -2.22. The van der Waals surface area contributed by atoms with Gasteiger partial charge in [-0.25, -0.2) is 0 Å². The largest absolute Gasteiger partial charge is 0.341 e. The SMILES string of the molecule is CC(=O)N1CC(C)C(N(C)C)C1. The van der Waals surface area contributed by atoms with Crippen molar-refractivity contribution in [2.45, 2.75) is 19.9 Å². The minimum absolute atomic E-state index is 0.200. The molecule has 1 saturated heterocycles. The molecule has 70 valence electrons. The molecule has 3 nitrogen and oxygen atoms in total. The summed E-state index contributed by atoms with van der Waals surface area (Å²) in [5.74, 6) is 0.801. The molecule has 1 rings (SSSR count). The van der Waals surface area contributed by atoms with Crippen molar-refractivity contribution < 1.29 is 4.79 Å². The fourth-order valence-electron chi connectivity index (χ4n) is 1.88. The number of nitrogens with zero attached hydrogens (tertiary/aromatic N) is 2. The van der Waals surface area contributed by atoms with Gasteiger partial charge in [-0.2, -0.15) is 0 Å². The van der Waals surface area contributed by atoms with Crippen LogP contribution in [0.3, 0.4) is 0 Å². The van der Waals surface area contributed by atoms with Crippen LogP contribution in [0, 0.1) is 5.92 Å². The van der Waals surface area contributed by atoms with Crippen molar-refractivity contribution >= 4 is 5.91 Å². The quantitative estimate of drug-likeness (QED) is 0.569. The van der Waals surface area contributed by atoms with Crippen molar-refractivity contribution in [3.8, 4) is 0 Å². The van der Waals surface area contributed by atoms with Crippen LogP contribution >= 0.6 is 0 Å². The van der Waals surface area contributed by atoms with Gasteiger partial charge in [0.2, 0.25) is 5.91 Å². The Morgan fingerprint density at radius 3 is 2.25 bits per heavy atom. The molecule has 0 aromatic carbocycles. The van der Waals surface area contributed by atoms with E-state index >= 15 is 0 Å². The van der Waals surface area contributed by atoms with Crippen LogP contribution in [-0.4, -0.2) is 48.9 Å². The van der Waals surface area contributed by atoms with Gasteiger partial charge < -0.3 is 9.80 Å². The topological polar surface area (TPSA) is 23.6 Å². The van der Waals surface area contributed by atoms with Gasteiger partial charge in [0, 0.05) is 26.1 Å². The molecule has 1 fully saturated rings. The summed E-state index contributed by atoms with van der Waals surface area (Å²) < 4.78 is 0. The van der Waals surface area contributed by atoms with E-state index in [-0.39, 0.29) is 5.91 Å². The Hall–Kier alpha value is -0.570. The molecule has 12 heavy (non-hydrogen) atoms. The number of rotatable bonds is 1. The van der Waals surface area contributed by atoms with Gasteiger partial charge in [0.05, 0.1) is 0 Å². The summed E-state index contributed by atoms with van der Waals surface area (Å²) in [4.78, 5) is 15.2. The zero-order valence-electron chi connectivity index (χ0n) is 8.37. The highest BCUT2D eigenvalue weighted by atomic mass is 16.2. The maximum absolute atomic E-state index is 11.1. The Labute approximate surface area is 74.3 Å². The van der Waals surface area contributed by atoms with E-state index in [2.05, 4.69) is 25.9 Å². The van der Waals surface area contributed by atoms with Crippen LogP contribution in [0.15, 0.2) is 0 Å². The van der Waals surface area contributed by atoms with Crippen molar-refractivity contribution in [3.63, 3.8) is 0 Å². The highest BCUT2D eigenvalue weighted by Crippen LogP contribution is 2.19. The van der Waals surface area contributed by atoms with E-state index in [0.29, 0.717) is 12.0 Å². The van der Waals surface area contributed by atoms with Crippen molar-refractivity contribution in [2.24, 2.45) is 5.92 Å². The van der Waals surface area contributed by atoms with Crippen LogP contribution in [0.5, 0.6) is 0 Å². The normalized spacial score (nSPS) is 29.9. The van der Waals surface area contributed by atoms with Gasteiger partial charge in [-0.1, -0.05) is 6.92 Å². The number of carbonyl (C=O) groups excluding carboxylic acids is 1. The van der Waals surface area contributed by atoms with Gasteiger partial charge in [-0.05, 0) is 20.0 Å². The van der Waals surface area contributed by atoms with E-state index in [1.165, 1.54) is 0 Å². The Morgan fingerprint density at radius 2 is 2.00 bits per heavy atom. The molecule has 0 radical (unpaired) electrons. The van der Waals surface area contributed by atoms with Gasteiger partial charge in [-0.3, -0.25) is 4.79 Å².